The first kappa shape index (κ1) is 20.6. The zero-order valence-corrected chi connectivity index (χ0v) is 17.9. The summed E-state index contributed by atoms with van der Waals surface area (Å²) in [5.74, 6) is -0.364. The molecule has 0 bridgehead atoms. The molecular formula is C24H21ClN2O2S. The molecule has 0 atom stereocenters. The summed E-state index contributed by atoms with van der Waals surface area (Å²) in [6.45, 7) is 0. The largest absolute Gasteiger partial charge is 0.366 e. The predicted molar refractivity (Wildman–Crippen MR) is 121 cm³/mol. The third-order valence-electron chi connectivity index (χ3n) is 5.28. The van der Waals surface area contributed by atoms with Gasteiger partial charge in [-0.1, -0.05) is 53.7 Å². The van der Waals surface area contributed by atoms with E-state index in [2.05, 4.69) is 0 Å². The maximum absolute atomic E-state index is 12.6. The maximum atomic E-state index is 12.6. The average Bonchev–Trinajstić information content (AvgIpc) is 2.77. The number of hydrogen-bond acceptors (Lipinski definition) is 4. The first-order valence-corrected chi connectivity index (χ1v) is 11.2. The lowest BCUT2D eigenvalue weighted by molar-refractivity contribution is 0.0991. The fourth-order valence-electron chi connectivity index (χ4n) is 3.84. The Kier molecular flexibility index (Phi) is 6.21. The number of fused-ring (bicyclic) bond motifs is 1. The van der Waals surface area contributed by atoms with Crippen LogP contribution in [0.4, 0.5) is 0 Å². The van der Waals surface area contributed by atoms with Crippen molar-refractivity contribution in [2.24, 2.45) is 5.73 Å². The number of thioether (sulfide) groups is 1. The lowest BCUT2D eigenvalue weighted by Gasteiger charge is -2.23. The van der Waals surface area contributed by atoms with Gasteiger partial charge in [-0.25, -0.2) is 4.98 Å². The van der Waals surface area contributed by atoms with Gasteiger partial charge in [0, 0.05) is 16.1 Å². The molecule has 1 aliphatic rings. The number of pyridine rings is 1. The fourth-order valence-corrected chi connectivity index (χ4v) is 4.93. The number of carbonyl (C=O) groups is 2. The van der Waals surface area contributed by atoms with Crippen molar-refractivity contribution >= 4 is 35.1 Å². The van der Waals surface area contributed by atoms with Crippen LogP contribution >= 0.6 is 23.4 Å². The second-order valence-electron chi connectivity index (χ2n) is 7.25. The summed E-state index contributed by atoms with van der Waals surface area (Å²) in [6.07, 6.45) is 3.75. The van der Waals surface area contributed by atoms with Crippen molar-refractivity contribution in [3.05, 3.63) is 81.9 Å². The van der Waals surface area contributed by atoms with Gasteiger partial charge in [0.1, 0.15) is 5.03 Å². The number of hydrogen-bond donors (Lipinski definition) is 1. The van der Waals surface area contributed by atoms with E-state index < -0.39 is 5.91 Å². The summed E-state index contributed by atoms with van der Waals surface area (Å²) in [5.41, 5.74) is 10.8. The van der Waals surface area contributed by atoms with Gasteiger partial charge in [-0.2, -0.15) is 0 Å². The van der Waals surface area contributed by atoms with E-state index in [-0.39, 0.29) is 11.5 Å². The van der Waals surface area contributed by atoms with Crippen LogP contribution in [0.1, 0.15) is 44.7 Å². The normalized spacial score (nSPS) is 13.0. The van der Waals surface area contributed by atoms with Gasteiger partial charge < -0.3 is 5.73 Å². The molecule has 0 fully saturated rings. The number of carbonyl (C=O) groups excluding carboxylic acids is 2. The number of rotatable bonds is 6. The lowest BCUT2D eigenvalue weighted by atomic mass is 9.86. The van der Waals surface area contributed by atoms with Crippen LogP contribution in [0.25, 0.3) is 11.3 Å². The number of primary amides is 1. The molecular weight excluding hydrogens is 416 g/mol. The fraction of sp³-hybridized carbons (Fsp3) is 0.208. The van der Waals surface area contributed by atoms with E-state index in [1.165, 1.54) is 11.8 Å². The minimum atomic E-state index is -0.485. The summed E-state index contributed by atoms with van der Waals surface area (Å²) in [4.78, 5) is 29.9. The highest BCUT2D eigenvalue weighted by molar-refractivity contribution is 8.00. The average molecular weight is 437 g/mol. The van der Waals surface area contributed by atoms with Crippen molar-refractivity contribution in [2.45, 2.75) is 30.7 Å². The standard InChI is InChI=1S/C24H21ClN2O2S/c25-17-12-10-15(11-13-17)20(28)14-30-24-21(23(26)29)18-8-4-5-9-19(18)22(27-24)16-6-2-1-3-7-16/h1-3,6-7,10-13H,4-5,8-9,14H2,(H2,26,29). The molecule has 0 radical (unpaired) electrons. The molecule has 0 spiro atoms. The quantitative estimate of drug-likeness (QED) is 0.417. The monoisotopic (exact) mass is 436 g/mol. The SMILES string of the molecule is NC(=O)c1c(SCC(=O)c2ccc(Cl)cc2)nc(-c2ccccc2)c2c1CCCC2. The van der Waals surface area contributed by atoms with Gasteiger partial charge in [-0.3, -0.25) is 9.59 Å². The highest BCUT2D eigenvalue weighted by Gasteiger charge is 2.26. The minimum absolute atomic E-state index is 0.0483. The van der Waals surface area contributed by atoms with Gasteiger partial charge >= 0.3 is 0 Å². The zero-order valence-electron chi connectivity index (χ0n) is 16.4. The van der Waals surface area contributed by atoms with Crippen molar-refractivity contribution in [1.29, 1.82) is 0 Å². The molecule has 152 valence electrons. The number of nitrogens with two attached hydrogens (primary N) is 1. The van der Waals surface area contributed by atoms with Crippen LogP contribution in [0, 0.1) is 0 Å². The molecule has 0 unspecified atom stereocenters. The van der Waals surface area contributed by atoms with E-state index in [0.29, 0.717) is 21.2 Å². The molecule has 4 rings (SSSR count). The molecule has 1 aliphatic carbocycles. The highest BCUT2D eigenvalue weighted by Crippen LogP contribution is 2.37. The Bertz CT molecular complexity index is 1100. The summed E-state index contributed by atoms with van der Waals surface area (Å²) in [5, 5.41) is 1.11. The van der Waals surface area contributed by atoms with Crippen LogP contribution in [0.5, 0.6) is 0 Å². The van der Waals surface area contributed by atoms with Gasteiger partial charge in [0.15, 0.2) is 5.78 Å². The van der Waals surface area contributed by atoms with Crippen LogP contribution in [0.3, 0.4) is 0 Å². The first-order chi connectivity index (χ1) is 14.5. The van der Waals surface area contributed by atoms with Gasteiger partial charge in [0.25, 0.3) is 5.91 Å². The van der Waals surface area contributed by atoms with Crippen molar-refractivity contribution in [1.82, 2.24) is 4.98 Å². The lowest BCUT2D eigenvalue weighted by Crippen LogP contribution is -2.21. The van der Waals surface area contributed by atoms with E-state index in [4.69, 9.17) is 22.3 Å². The Labute approximate surface area is 184 Å². The minimum Gasteiger partial charge on any atom is -0.366 e. The van der Waals surface area contributed by atoms with Crippen molar-refractivity contribution in [3.63, 3.8) is 0 Å². The topological polar surface area (TPSA) is 73.1 Å². The van der Waals surface area contributed by atoms with E-state index in [1.807, 2.05) is 30.3 Å². The van der Waals surface area contributed by atoms with Crippen molar-refractivity contribution < 1.29 is 9.59 Å². The predicted octanol–water partition coefficient (Wildman–Crippen LogP) is 5.35. The Morgan fingerprint density at radius 1 is 0.967 bits per heavy atom. The molecule has 1 aromatic heterocycles. The third kappa shape index (κ3) is 4.27. The Hall–Kier alpha value is -2.63. The maximum Gasteiger partial charge on any atom is 0.251 e. The number of nitrogens with zero attached hydrogens (tertiary/aromatic N) is 1. The number of amides is 1. The summed E-state index contributed by atoms with van der Waals surface area (Å²) in [6, 6.07) is 16.8. The van der Waals surface area contributed by atoms with E-state index in [9.17, 15) is 9.59 Å². The number of Topliss-reactive ketones (excluding diaryl/α,β-unsaturated/α-hetero) is 1. The molecule has 2 aromatic carbocycles. The molecule has 4 nitrogen and oxygen atoms in total. The Morgan fingerprint density at radius 3 is 2.30 bits per heavy atom. The van der Waals surface area contributed by atoms with Crippen LogP contribution in [-0.2, 0) is 12.8 Å². The smallest absolute Gasteiger partial charge is 0.251 e. The van der Waals surface area contributed by atoms with Crippen LogP contribution < -0.4 is 5.73 Å². The number of ketones is 1. The second kappa shape index (κ2) is 9.02. The summed E-state index contributed by atoms with van der Waals surface area (Å²) < 4.78 is 0. The molecule has 3 aromatic rings. The van der Waals surface area contributed by atoms with Crippen LogP contribution in [0.15, 0.2) is 59.6 Å². The Morgan fingerprint density at radius 2 is 1.63 bits per heavy atom. The zero-order chi connectivity index (χ0) is 21.1. The Balaban J connectivity index is 1.73. The van der Waals surface area contributed by atoms with E-state index in [1.54, 1.807) is 24.3 Å². The summed E-state index contributed by atoms with van der Waals surface area (Å²) in [7, 11) is 0. The first-order valence-electron chi connectivity index (χ1n) is 9.87. The van der Waals surface area contributed by atoms with Gasteiger partial charge in [0.2, 0.25) is 0 Å². The van der Waals surface area contributed by atoms with E-state index in [0.717, 1.165) is 48.1 Å². The van der Waals surface area contributed by atoms with Gasteiger partial charge in [0.05, 0.1) is 17.0 Å². The molecule has 0 saturated carbocycles. The van der Waals surface area contributed by atoms with Crippen molar-refractivity contribution in [2.75, 3.05) is 5.75 Å². The second-order valence-corrected chi connectivity index (χ2v) is 8.65. The van der Waals surface area contributed by atoms with Crippen LogP contribution in [0.2, 0.25) is 5.02 Å². The molecule has 2 N–H and O–H groups in total. The van der Waals surface area contributed by atoms with Crippen molar-refractivity contribution in [3.8, 4) is 11.3 Å². The highest BCUT2D eigenvalue weighted by atomic mass is 35.5. The summed E-state index contributed by atoms with van der Waals surface area (Å²) >= 11 is 7.18. The molecule has 6 heteroatoms. The van der Waals surface area contributed by atoms with E-state index >= 15 is 0 Å². The van der Waals surface area contributed by atoms with Crippen LogP contribution in [-0.4, -0.2) is 22.4 Å². The molecule has 0 aliphatic heterocycles. The molecule has 30 heavy (non-hydrogen) atoms. The number of benzene rings is 2. The number of halogens is 1. The third-order valence-corrected chi connectivity index (χ3v) is 6.51. The number of aromatic nitrogens is 1. The molecule has 1 heterocycles. The van der Waals surface area contributed by atoms with Gasteiger partial charge in [-0.05, 0) is 61.1 Å². The van der Waals surface area contributed by atoms with Gasteiger partial charge in [-0.15, -0.1) is 0 Å². The molecule has 1 amide bonds. The molecule has 0 saturated heterocycles.